The Hall–Kier alpha value is -3.48. The third-order valence-electron chi connectivity index (χ3n) is 4.02. The Balaban J connectivity index is 2.20. The van der Waals surface area contributed by atoms with Crippen molar-refractivity contribution in [2.24, 2.45) is 0 Å². The lowest BCUT2D eigenvalue weighted by atomic mass is 10.1. The van der Waals surface area contributed by atoms with E-state index in [-0.39, 0.29) is 11.8 Å². The highest BCUT2D eigenvalue weighted by molar-refractivity contribution is 6.03. The van der Waals surface area contributed by atoms with Crippen LogP contribution in [0.5, 0.6) is 17.2 Å². The van der Waals surface area contributed by atoms with E-state index in [1.165, 1.54) is 34.3 Å². The first-order valence-electron chi connectivity index (χ1n) is 8.55. The van der Waals surface area contributed by atoms with Gasteiger partial charge in [0.15, 0.2) is 11.5 Å². The van der Waals surface area contributed by atoms with Gasteiger partial charge in [-0.25, -0.2) is 0 Å². The molecule has 2 amide bonds. The quantitative estimate of drug-likeness (QED) is 0.712. The second-order valence-corrected chi connectivity index (χ2v) is 5.94. The Morgan fingerprint density at radius 1 is 0.929 bits per heavy atom. The molecule has 0 bridgehead atoms. The van der Waals surface area contributed by atoms with Crippen molar-refractivity contribution >= 4 is 29.3 Å². The molecule has 0 unspecified atom stereocenters. The maximum atomic E-state index is 12.3. The van der Waals surface area contributed by atoms with Gasteiger partial charge >= 0.3 is 0 Å². The highest BCUT2D eigenvalue weighted by atomic mass is 16.5. The van der Waals surface area contributed by atoms with Gasteiger partial charge < -0.3 is 24.8 Å². The van der Waals surface area contributed by atoms with Gasteiger partial charge in [0.05, 0.1) is 21.3 Å². The largest absolute Gasteiger partial charge is 0.493 e. The number of carbonyl (C=O) groups excluding carboxylic acids is 2. The summed E-state index contributed by atoms with van der Waals surface area (Å²) in [6, 6.07) is 8.79. The average Bonchev–Trinajstić information content (AvgIpc) is 2.68. The molecule has 0 spiro atoms. The summed E-state index contributed by atoms with van der Waals surface area (Å²) in [5, 5.41) is 5.54. The summed E-state index contributed by atoms with van der Waals surface area (Å²) < 4.78 is 15.9. The molecule has 2 aromatic rings. The van der Waals surface area contributed by atoms with Crippen LogP contribution in [0.15, 0.2) is 36.4 Å². The van der Waals surface area contributed by atoms with Crippen LogP contribution in [-0.2, 0) is 9.59 Å². The Morgan fingerprint density at radius 3 is 2.00 bits per heavy atom. The summed E-state index contributed by atoms with van der Waals surface area (Å²) in [7, 11) is 4.59. The molecule has 0 aromatic heterocycles. The van der Waals surface area contributed by atoms with E-state index in [0.29, 0.717) is 34.2 Å². The summed E-state index contributed by atoms with van der Waals surface area (Å²) in [6.07, 6.45) is 3.05. The summed E-state index contributed by atoms with van der Waals surface area (Å²) >= 11 is 0. The minimum Gasteiger partial charge on any atom is -0.493 e. The Morgan fingerprint density at radius 2 is 1.50 bits per heavy atom. The van der Waals surface area contributed by atoms with Gasteiger partial charge in [0, 0.05) is 24.4 Å². The summed E-state index contributed by atoms with van der Waals surface area (Å²) in [6.45, 7) is 3.26. The molecule has 0 aliphatic heterocycles. The second kappa shape index (κ2) is 9.45. The topological polar surface area (TPSA) is 85.9 Å². The van der Waals surface area contributed by atoms with E-state index >= 15 is 0 Å². The number of anilines is 2. The van der Waals surface area contributed by atoms with E-state index in [4.69, 9.17) is 14.2 Å². The first kappa shape index (κ1) is 20.8. The molecule has 0 radical (unpaired) electrons. The average molecular weight is 384 g/mol. The minimum atomic E-state index is -0.308. The molecule has 148 valence electrons. The molecule has 0 aliphatic carbocycles. The molecule has 0 saturated carbocycles. The second-order valence-electron chi connectivity index (χ2n) is 5.94. The van der Waals surface area contributed by atoms with Gasteiger partial charge in [-0.05, 0) is 48.4 Å². The van der Waals surface area contributed by atoms with Crippen LogP contribution in [-0.4, -0.2) is 33.1 Å². The third kappa shape index (κ3) is 5.03. The number of amides is 2. The fraction of sp³-hybridized carbons (Fsp3) is 0.238. The lowest BCUT2D eigenvalue weighted by molar-refractivity contribution is -0.114. The zero-order valence-corrected chi connectivity index (χ0v) is 16.6. The smallest absolute Gasteiger partial charge is 0.248 e. The van der Waals surface area contributed by atoms with E-state index in [1.807, 2.05) is 6.92 Å². The Bertz CT molecular complexity index is 881. The molecule has 0 atom stereocenters. The van der Waals surface area contributed by atoms with Crippen molar-refractivity contribution in [2.75, 3.05) is 32.0 Å². The molecule has 2 aromatic carbocycles. The zero-order valence-electron chi connectivity index (χ0n) is 16.6. The van der Waals surface area contributed by atoms with Crippen LogP contribution < -0.4 is 24.8 Å². The first-order chi connectivity index (χ1) is 13.4. The predicted octanol–water partition coefficient (Wildman–Crippen LogP) is 3.63. The van der Waals surface area contributed by atoms with Gasteiger partial charge in [-0.15, -0.1) is 0 Å². The van der Waals surface area contributed by atoms with Crippen LogP contribution in [0.3, 0.4) is 0 Å². The Labute approximate surface area is 164 Å². The van der Waals surface area contributed by atoms with Crippen molar-refractivity contribution < 1.29 is 23.8 Å². The van der Waals surface area contributed by atoms with Crippen LogP contribution in [0.1, 0.15) is 18.1 Å². The number of methoxy groups -OCH3 is 3. The van der Waals surface area contributed by atoms with Gasteiger partial charge in [-0.2, -0.15) is 0 Å². The number of nitrogens with one attached hydrogen (secondary N) is 2. The molecule has 0 aliphatic rings. The van der Waals surface area contributed by atoms with Crippen LogP contribution in [0, 0.1) is 6.92 Å². The normalized spacial score (nSPS) is 10.5. The number of benzene rings is 2. The third-order valence-corrected chi connectivity index (χ3v) is 4.02. The molecule has 2 N–H and O–H groups in total. The molecule has 2 rings (SSSR count). The number of ether oxygens (including phenoxy) is 3. The number of rotatable bonds is 7. The molecular weight excluding hydrogens is 360 g/mol. The van der Waals surface area contributed by atoms with Crippen molar-refractivity contribution in [3.05, 3.63) is 47.5 Å². The minimum absolute atomic E-state index is 0.172. The monoisotopic (exact) mass is 384 g/mol. The van der Waals surface area contributed by atoms with Gasteiger partial charge in [-0.3, -0.25) is 9.59 Å². The van der Waals surface area contributed by atoms with Crippen LogP contribution in [0.2, 0.25) is 0 Å². The van der Waals surface area contributed by atoms with Crippen molar-refractivity contribution in [3.8, 4) is 17.2 Å². The van der Waals surface area contributed by atoms with Crippen LogP contribution in [0.4, 0.5) is 11.4 Å². The standard InChI is InChI=1S/C21H24N2O5/c1-13-16(22-14(2)24)7-6-8-17(13)23-20(25)10-9-15-11-18(26-3)21(28-5)19(12-15)27-4/h6-12H,1-5H3,(H,22,24)(H,23,25)/b10-9+. The molecule has 7 nitrogen and oxygen atoms in total. The molecule has 0 saturated heterocycles. The van der Waals surface area contributed by atoms with E-state index in [2.05, 4.69) is 10.6 Å². The number of hydrogen-bond acceptors (Lipinski definition) is 5. The van der Waals surface area contributed by atoms with Gasteiger partial charge in [0.25, 0.3) is 0 Å². The zero-order chi connectivity index (χ0) is 20.7. The maximum absolute atomic E-state index is 12.3. The van der Waals surface area contributed by atoms with Crippen LogP contribution in [0.25, 0.3) is 6.08 Å². The van der Waals surface area contributed by atoms with Crippen molar-refractivity contribution in [1.29, 1.82) is 0 Å². The summed E-state index contributed by atoms with van der Waals surface area (Å²) in [5.74, 6) is 1.00. The van der Waals surface area contributed by atoms with Crippen molar-refractivity contribution in [2.45, 2.75) is 13.8 Å². The van der Waals surface area contributed by atoms with E-state index in [1.54, 1.807) is 36.4 Å². The van der Waals surface area contributed by atoms with Crippen LogP contribution >= 0.6 is 0 Å². The lowest BCUT2D eigenvalue weighted by Gasteiger charge is -2.13. The van der Waals surface area contributed by atoms with E-state index < -0.39 is 0 Å². The fourth-order valence-corrected chi connectivity index (χ4v) is 2.64. The van der Waals surface area contributed by atoms with E-state index in [9.17, 15) is 9.59 Å². The SMILES string of the molecule is COc1cc(/C=C/C(=O)Nc2cccc(NC(C)=O)c2C)cc(OC)c1OC. The lowest BCUT2D eigenvalue weighted by Crippen LogP contribution is -2.12. The summed E-state index contributed by atoms with van der Waals surface area (Å²) in [4.78, 5) is 23.6. The fourth-order valence-electron chi connectivity index (χ4n) is 2.64. The molecule has 28 heavy (non-hydrogen) atoms. The highest BCUT2D eigenvalue weighted by Crippen LogP contribution is 2.38. The van der Waals surface area contributed by atoms with Crippen molar-refractivity contribution in [1.82, 2.24) is 0 Å². The first-order valence-corrected chi connectivity index (χ1v) is 8.55. The number of carbonyl (C=O) groups is 2. The van der Waals surface area contributed by atoms with Gasteiger partial charge in [0.1, 0.15) is 0 Å². The molecule has 7 heteroatoms. The molecule has 0 fully saturated rings. The van der Waals surface area contributed by atoms with Gasteiger partial charge in [0.2, 0.25) is 17.6 Å². The van der Waals surface area contributed by atoms with Crippen molar-refractivity contribution in [3.63, 3.8) is 0 Å². The van der Waals surface area contributed by atoms with Gasteiger partial charge in [-0.1, -0.05) is 6.07 Å². The summed E-state index contributed by atoms with van der Waals surface area (Å²) in [5.41, 5.74) is 2.75. The van der Waals surface area contributed by atoms with E-state index in [0.717, 1.165) is 5.56 Å². The highest BCUT2D eigenvalue weighted by Gasteiger charge is 2.12. The molecular formula is C21H24N2O5. The maximum Gasteiger partial charge on any atom is 0.248 e. The number of hydrogen-bond donors (Lipinski definition) is 2. The Kier molecular flexibility index (Phi) is 7.03. The molecule has 0 heterocycles. The predicted molar refractivity (Wildman–Crippen MR) is 109 cm³/mol.